The normalized spacial score (nSPS) is 11.6. The molecule has 120 valence electrons. The van der Waals surface area contributed by atoms with E-state index in [2.05, 4.69) is 19.6 Å². The number of azo groups is 1. The Labute approximate surface area is 139 Å². The molecule has 3 aromatic rings. The maximum absolute atomic E-state index is 12.4. The van der Waals surface area contributed by atoms with Crippen molar-refractivity contribution >= 4 is 33.7 Å². The van der Waals surface area contributed by atoms with Crippen molar-refractivity contribution in [2.24, 2.45) is 10.2 Å². The Hall–Kier alpha value is -2.33. The van der Waals surface area contributed by atoms with Crippen molar-refractivity contribution in [1.82, 2.24) is 18.7 Å². The molecular weight excluding hydrogens is 336 g/mol. The molecule has 1 N–H and O–H groups in total. The summed E-state index contributed by atoms with van der Waals surface area (Å²) in [5.74, 6) is 0.443. The van der Waals surface area contributed by atoms with Gasteiger partial charge in [-0.05, 0) is 24.4 Å². The number of aryl methyl sites for hydroxylation is 1. The zero-order chi connectivity index (χ0) is 16.4. The second kappa shape index (κ2) is 6.42. The molecule has 0 atom stereocenters. The number of rotatable bonds is 5. The fourth-order valence-corrected chi connectivity index (χ4v) is 3.35. The monoisotopic (exact) mass is 350 g/mol. The summed E-state index contributed by atoms with van der Waals surface area (Å²) in [5.41, 5.74) is -0.504. The van der Waals surface area contributed by atoms with Crippen molar-refractivity contribution in [2.75, 3.05) is 0 Å². The van der Waals surface area contributed by atoms with Crippen LogP contribution in [0.5, 0.6) is 5.88 Å². The highest BCUT2D eigenvalue weighted by Gasteiger charge is 2.20. The maximum Gasteiger partial charge on any atom is 0.298 e. The van der Waals surface area contributed by atoms with E-state index in [1.807, 2.05) is 31.4 Å². The second-order valence-corrected chi connectivity index (χ2v) is 6.16. The van der Waals surface area contributed by atoms with Gasteiger partial charge >= 0.3 is 0 Å². The summed E-state index contributed by atoms with van der Waals surface area (Å²) in [5, 5.41) is 21.2. The Balaban J connectivity index is 2.04. The minimum absolute atomic E-state index is 0.103. The molecule has 10 heteroatoms. The van der Waals surface area contributed by atoms with Crippen LogP contribution in [0.1, 0.15) is 19.7 Å². The van der Waals surface area contributed by atoms with Gasteiger partial charge in [0.05, 0.1) is 0 Å². The number of hydrogen-bond donors (Lipinski definition) is 1. The van der Waals surface area contributed by atoms with Gasteiger partial charge in [0, 0.05) is 24.5 Å². The summed E-state index contributed by atoms with van der Waals surface area (Å²) >= 11 is 2.52. The third-order valence-corrected chi connectivity index (χ3v) is 4.60. The maximum atomic E-state index is 12.4. The number of thiophene rings is 1. The van der Waals surface area contributed by atoms with Crippen LogP contribution in [0.4, 0.5) is 10.8 Å². The molecule has 3 heterocycles. The number of hydrogen-bond acceptors (Lipinski definition) is 8. The van der Waals surface area contributed by atoms with E-state index in [9.17, 15) is 9.90 Å². The third-order valence-electron chi connectivity index (χ3n) is 3.11. The molecule has 0 spiro atoms. The van der Waals surface area contributed by atoms with Gasteiger partial charge in [0.1, 0.15) is 10.8 Å². The Morgan fingerprint density at radius 3 is 2.78 bits per heavy atom. The van der Waals surface area contributed by atoms with Crippen molar-refractivity contribution in [3.05, 3.63) is 33.7 Å². The van der Waals surface area contributed by atoms with Crippen molar-refractivity contribution < 1.29 is 5.11 Å². The van der Waals surface area contributed by atoms with E-state index < -0.39 is 5.56 Å². The Morgan fingerprint density at radius 2 is 2.17 bits per heavy atom. The molecule has 0 saturated heterocycles. The van der Waals surface area contributed by atoms with Crippen LogP contribution >= 0.6 is 22.9 Å². The van der Waals surface area contributed by atoms with E-state index in [0.717, 1.165) is 16.5 Å². The van der Waals surface area contributed by atoms with Crippen LogP contribution in [0, 0.1) is 0 Å². The SMILES string of the molecule is CCc1nsc(N=Nc2c(O)n(-c3cccs3)n(CC)c2=O)n1. The fraction of sp³-hybridized carbons (Fsp3) is 0.308. The summed E-state index contributed by atoms with van der Waals surface area (Å²) in [6, 6.07) is 3.66. The first-order valence-electron chi connectivity index (χ1n) is 6.98. The highest BCUT2D eigenvalue weighted by molar-refractivity contribution is 7.12. The molecule has 0 saturated carbocycles. The summed E-state index contributed by atoms with van der Waals surface area (Å²) in [6.07, 6.45) is 0.703. The second-order valence-electron chi connectivity index (χ2n) is 4.50. The molecule has 8 nitrogen and oxygen atoms in total. The number of aromatic hydroxyl groups is 1. The van der Waals surface area contributed by atoms with Gasteiger partial charge in [-0.15, -0.1) is 21.6 Å². The molecule has 23 heavy (non-hydrogen) atoms. The molecule has 0 fully saturated rings. The molecule has 0 aromatic carbocycles. The van der Waals surface area contributed by atoms with Gasteiger partial charge in [0.2, 0.25) is 16.7 Å². The van der Waals surface area contributed by atoms with Crippen LogP contribution in [0.15, 0.2) is 32.5 Å². The van der Waals surface area contributed by atoms with Crippen LogP contribution in [-0.4, -0.2) is 23.8 Å². The molecule has 0 aliphatic rings. The van der Waals surface area contributed by atoms with Crippen molar-refractivity contribution in [3.8, 4) is 10.9 Å². The predicted octanol–water partition coefficient (Wildman–Crippen LogP) is 3.26. The predicted molar refractivity (Wildman–Crippen MR) is 88.7 cm³/mol. The molecular formula is C13H14N6O2S2. The summed E-state index contributed by atoms with van der Waals surface area (Å²) in [4.78, 5) is 16.6. The highest BCUT2D eigenvalue weighted by Crippen LogP contribution is 2.30. The molecule has 0 aliphatic carbocycles. The van der Waals surface area contributed by atoms with E-state index in [1.165, 1.54) is 20.7 Å². The average Bonchev–Trinajstić information content (AvgIpc) is 3.26. The smallest absolute Gasteiger partial charge is 0.298 e. The van der Waals surface area contributed by atoms with Crippen molar-refractivity contribution in [1.29, 1.82) is 0 Å². The lowest BCUT2D eigenvalue weighted by Gasteiger charge is -2.07. The van der Waals surface area contributed by atoms with Gasteiger partial charge in [0.15, 0.2) is 0 Å². The molecule has 3 aromatic heterocycles. The van der Waals surface area contributed by atoms with Crippen molar-refractivity contribution in [3.63, 3.8) is 0 Å². The van der Waals surface area contributed by atoms with Crippen LogP contribution < -0.4 is 5.56 Å². The molecule has 0 bridgehead atoms. The standard InChI is InChI=1S/C13H14N6O2S2/c1-3-8-14-13(23-17-8)16-15-10-11(20)18(4-2)19(12(10)21)9-6-5-7-22-9/h5-7,21H,3-4H2,1-2H3. The molecule has 0 unspecified atom stereocenters. The zero-order valence-corrected chi connectivity index (χ0v) is 14.1. The number of nitrogens with zero attached hydrogens (tertiary/aromatic N) is 6. The molecule has 0 radical (unpaired) electrons. The zero-order valence-electron chi connectivity index (χ0n) is 12.5. The largest absolute Gasteiger partial charge is 0.492 e. The van der Waals surface area contributed by atoms with E-state index in [1.54, 1.807) is 0 Å². The first-order chi connectivity index (χ1) is 11.2. The summed E-state index contributed by atoms with van der Waals surface area (Å²) in [6.45, 7) is 4.17. The molecule has 0 aliphatic heterocycles. The Kier molecular flexibility index (Phi) is 4.35. The van der Waals surface area contributed by atoms with E-state index in [-0.39, 0.29) is 11.6 Å². The van der Waals surface area contributed by atoms with Crippen molar-refractivity contribution in [2.45, 2.75) is 26.8 Å². The van der Waals surface area contributed by atoms with Gasteiger partial charge in [-0.25, -0.2) is 14.3 Å². The van der Waals surface area contributed by atoms with Gasteiger partial charge in [-0.1, -0.05) is 6.92 Å². The molecule has 3 rings (SSSR count). The lowest BCUT2D eigenvalue weighted by molar-refractivity contribution is 0.411. The molecule has 0 amide bonds. The topological polar surface area (TPSA) is 97.7 Å². The first-order valence-corrected chi connectivity index (χ1v) is 8.64. The fourth-order valence-electron chi connectivity index (χ4n) is 2.03. The summed E-state index contributed by atoms with van der Waals surface area (Å²) in [7, 11) is 0. The lowest BCUT2D eigenvalue weighted by Crippen LogP contribution is -2.20. The minimum atomic E-state index is -0.401. The third kappa shape index (κ3) is 2.82. The Morgan fingerprint density at radius 1 is 1.35 bits per heavy atom. The van der Waals surface area contributed by atoms with Gasteiger partial charge in [-0.3, -0.25) is 4.79 Å². The lowest BCUT2D eigenvalue weighted by atomic mass is 10.5. The highest BCUT2D eigenvalue weighted by atomic mass is 32.1. The summed E-state index contributed by atoms with van der Waals surface area (Å²) < 4.78 is 6.95. The quantitative estimate of drug-likeness (QED) is 0.714. The van der Waals surface area contributed by atoms with Crippen LogP contribution in [0.2, 0.25) is 0 Å². The minimum Gasteiger partial charge on any atom is -0.492 e. The van der Waals surface area contributed by atoms with Crippen LogP contribution in [-0.2, 0) is 13.0 Å². The average molecular weight is 350 g/mol. The van der Waals surface area contributed by atoms with Gasteiger partial charge in [0.25, 0.3) is 5.56 Å². The van der Waals surface area contributed by atoms with Gasteiger partial charge in [-0.2, -0.15) is 4.37 Å². The van der Waals surface area contributed by atoms with Crippen LogP contribution in [0.25, 0.3) is 5.00 Å². The number of aromatic nitrogens is 4. The Bertz CT molecular complexity index is 890. The van der Waals surface area contributed by atoms with E-state index in [0.29, 0.717) is 23.9 Å². The first kappa shape index (κ1) is 15.6. The van der Waals surface area contributed by atoms with E-state index >= 15 is 0 Å². The van der Waals surface area contributed by atoms with Gasteiger partial charge < -0.3 is 5.11 Å². The van der Waals surface area contributed by atoms with E-state index in [4.69, 9.17) is 0 Å². The van der Waals surface area contributed by atoms with Crippen LogP contribution in [0.3, 0.4) is 0 Å².